The van der Waals surface area contributed by atoms with Crippen molar-refractivity contribution in [3.63, 3.8) is 0 Å². The Balaban J connectivity index is 1.54. The third-order valence-electron chi connectivity index (χ3n) is 5.11. The fourth-order valence-corrected chi connectivity index (χ4v) is 3.73. The molecule has 0 fully saturated rings. The lowest BCUT2D eigenvalue weighted by atomic mass is 9.87. The molecule has 0 saturated heterocycles. The Labute approximate surface area is 196 Å². The van der Waals surface area contributed by atoms with Gasteiger partial charge in [0, 0.05) is 21.7 Å². The molecule has 0 spiro atoms. The van der Waals surface area contributed by atoms with Gasteiger partial charge in [-0.3, -0.25) is 4.79 Å². The summed E-state index contributed by atoms with van der Waals surface area (Å²) in [6.45, 7) is 6.62. The molecule has 0 unspecified atom stereocenters. The van der Waals surface area contributed by atoms with Crippen molar-refractivity contribution in [1.29, 1.82) is 0 Å². The summed E-state index contributed by atoms with van der Waals surface area (Å²) < 4.78 is 17.2. The topological polar surface area (TPSA) is 48.7 Å². The number of rotatable bonds is 5. The molecule has 0 atom stereocenters. The summed E-state index contributed by atoms with van der Waals surface area (Å²) in [7, 11) is 0. The second kappa shape index (κ2) is 8.89. The van der Waals surface area contributed by atoms with Gasteiger partial charge in [0.25, 0.3) is 0 Å². The van der Waals surface area contributed by atoms with Crippen molar-refractivity contribution < 1.29 is 13.9 Å². The lowest BCUT2D eigenvalue weighted by Gasteiger charge is -2.19. The fraction of sp³-hybridized carbons (Fsp3) is 0.192. The first-order valence-corrected chi connectivity index (χ1v) is 10.9. The van der Waals surface area contributed by atoms with Gasteiger partial charge in [0.15, 0.2) is 0 Å². The molecule has 3 aromatic carbocycles. The first kappa shape index (κ1) is 22.3. The van der Waals surface area contributed by atoms with E-state index in [0.29, 0.717) is 38.1 Å². The lowest BCUT2D eigenvalue weighted by molar-refractivity contribution is 0.306. The molecule has 0 amide bonds. The van der Waals surface area contributed by atoms with Gasteiger partial charge in [0.1, 0.15) is 30.0 Å². The van der Waals surface area contributed by atoms with Crippen molar-refractivity contribution in [2.24, 2.45) is 0 Å². The first-order valence-electron chi connectivity index (χ1n) is 10.1. The minimum Gasteiger partial charge on any atom is -0.489 e. The Morgan fingerprint density at radius 3 is 2.22 bits per heavy atom. The molecular formula is C26H22Cl2O4. The van der Waals surface area contributed by atoms with Crippen LogP contribution in [0.1, 0.15) is 31.9 Å². The quantitative estimate of drug-likeness (QED) is 0.300. The maximum atomic E-state index is 12.9. The van der Waals surface area contributed by atoms with E-state index < -0.39 is 0 Å². The zero-order valence-corrected chi connectivity index (χ0v) is 19.5. The highest BCUT2D eigenvalue weighted by Gasteiger charge is 2.15. The molecule has 0 aliphatic heterocycles. The van der Waals surface area contributed by atoms with E-state index in [1.165, 1.54) is 11.8 Å². The van der Waals surface area contributed by atoms with Crippen LogP contribution in [0.3, 0.4) is 0 Å². The van der Waals surface area contributed by atoms with E-state index in [1.807, 2.05) is 24.3 Å². The van der Waals surface area contributed by atoms with Gasteiger partial charge in [0.2, 0.25) is 11.2 Å². The molecule has 4 aromatic rings. The van der Waals surface area contributed by atoms with E-state index in [9.17, 15) is 4.79 Å². The summed E-state index contributed by atoms with van der Waals surface area (Å²) in [5.74, 6) is 1.22. The Morgan fingerprint density at radius 2 is 1.56 bits per heavy atom. The van der Waals surface area contributed by atoms with Crippen LogP contribution in [0, 0.1) is 0 Å². The number of fused-ring (bicyclic) bond motifs is 1. The van der Waals surface area contributed by atoms with Crippen LogP contribution < -0.4 is 14.9 Å². The maximum absolute atomic E-state index is 12.9. The predicted molar refractivity (Wildman–Crippen MR) is 128 cm³/mol. The van der Waals surface area contributed by atoms with Crippen LogP contribution in [0.5, 0.6) is 17.2 Å². The third kappa shape index (κ3) is 4.77. The molecule has 1 aromatic heterocycles. The molecule has 0 aliphatic rings. The van der Waals surface area contributed by atoms with Crippen LogP contribution in [-0.4, -0.2) is 0 Å². The molecule has 0 aliphatic carbocycles. The van der Waals surface area contributed by atoms with E-state index in [0.717, 1.165) is 0 Å². The molecule has 6 heteroatoms. The normalized spacial score (nSPS) is 11.5. The summed E-state index contributed by atoms with van der Waals surface area (Å²) in [5, 5.41) is 1.46. The number of hydrogen-bond acceptors (Lipinski definition) is 4. The van der Waals surface area contributed by atoms with Crippen molar-refractivity contribution in [2.75, 3.05) is 0 Å². The second-order valence-corrected chi connectivity index (χ2v) is 9.27. The third-order valence-corrected chi connectivity index (χ3v) is 5.82. The average molecular weight is 469 g/mol. The largest absolute Gasteiger partial charge is 0.489 e. The highest BCUT2D eigenvalue weighted by atomic mass is 35.5. The van der Waals surface area contributed by atoms with Gasteiger partial charge in [-0.15, -0.1) is 0 Å². The SMILES string of the molecule is CC(C)(C)c1ccc(Oc2coc3cc(OCc4c(Cl)cccc4Cl)ccc3c2=O)cc1. The van der Waals surface area contributed by atoms with E-state index >= 15 is 0 Å². The summed E-state index contributed by atoms with van der Waals surface area (Å²) >= 11 is 12.4. The lowest BCUT2D eigenvalue weighted by Crippen LogP contribution is -2.10. The number of ether oxygens (including phenoxy) is 2. The van der Waals surface area contributed by atoms with E-state index in [2.05, 4.69) is 20.8 Å². The van der Waals surface area contributed by atoms with Gasteiger partial charge in [-0.05, 0) is 47.4 Å². The van der Waals surface area contributed by atoms with Crippen LogP contribution in [0.4, 0.5) is 0 Å². The van der Waals surface area contributed by atoms with E-state index in [4.69, 9.17) is 37.1 Å². The number of halogens is 2. The average Bonchev–Trinajstić information content (AvgIpc) is 2.75. The Morgan fingerprint density at radius 1 is 0.906 bits per heavy atom. The van der Waals surface area contributed by atoms with E-state index in [1.54, 1.807) is 36.4 Å². The van der Waals surface area contributed by atoms with Crippen LogP contribution >= 0.6 is 23.2 Å². The van der Waals surface area contributed by atoms with Crippen molar-refractivity contribution >= 4 is 34.2 Å². The van der Waals surface area contributed by atoms with E-state index in [-0.39, 0.29) is 23.2 Å². The maximum Gasteiger partial charge on any atom is 0.235 e. The minimum absolute atomic E-state index is 0.0391. The van der Waals surface area contributed by atoms with Crippen molar-refractivity contribution in [3.05, 3.63) is 98.3 Å². The minimum atomic E-state index is -0.258. The summed E-state index contributed by atoms with van der Waals surface area (Å²) in [5.41, 5.74) is 2.05. The van der Waals surface area contributed by atoms with Gasteiger partial charge in [-0.2, -0.15) is 0 Å². The molecule has 0 saturated carbocycles. The molecule has 0 N–H and O–H groups in total. The molecule has 32 heavy (non-hydrogen) atoms. The van der Waals surface area contributed by atoms with Gasteiger partial charge in [0.05, 0.1) is 5.39 Å². The molecular weight excluding hydrogens is 447 g/mol. The molecule has 4 nitrogen and oxygen atoms in total. The number of hydrogen-bond donors (Lipinski definition) is 0. The van der Waals surface area contributed by atoms with Gasteiger partial charge < -0.3 is 13.9 Å². The number of benzene rings is 3. The standard InChI is InChI=1S/C26H22Cl2O4/c1-26(2,3)16-7-9-17(10-8-16)32-24-15-31-23-13-18(11-12-19(23)25(24)29)30-14-20-21(27)5-4-6-22(20)28/h4-13,15H,14H2,1-3H3. The molecule has 1 heterocycles. The van der Waals surface area contributed by atoms with Crippen molar-refractivity contribution in [1.82, 2.24) is 0 Å². The second-order valence-electron chi connectivity index (χ2n) is 8.45. The molecule has 164 valence electrons. The smallest absolute Gasteiger partial charge is 0.235 e. The van der Waals surface area contributed by atoms with Crippen LogP contribution in [0.2, 0.25) is 10.0 Å². The summed E-state index contributed by atoms with van der Waals surface area (Å²) in [6, 6.07) is 18.0. The van der Waals surface area contributed by atoms with Crippen LogP contribution in [0.15, 0.2) is 76.1 Å². The highest BCUT2D eigenvalue weighted by molar-refractivity contribution is 6.35. The molecule has 4 rings (SSSR count). The Kier molecular flexibility index (Phi) is 6.18. The monoisotopic (exact) mass is 468 g/mol. The first-order chi connectivity index (χ1) is 15.2. The Bertz CT molecular complexity index is 1300. The molecule has 0 radical (unpaired) electrons. The van der Waals surface area contributed by atoms with Gasteiger partial charge in [-0.1, -0.05) is 62.2 Å². The predicted octanol–water partition coefficient (Wildman–Crippen LogP) is 7.77. The summed E-state index contributed by atoms with van der Waals surface area (Å²) in [6.07, 6.45) is 1.32. The molecule has 0 bridgehead atoms. The van der Waals surface area contributed by atoms with Gasteiger partial charge in [-0.25, -0.2) is 0 Å². The van der Waals surface area contributed by atoms with Crippen molar-refractivity contribution in [3.8, 4) is 17.2 Å². The highest BCUT2D eigenvalue weighted by Crippen LogP contribution is 2.29. The van der Waals surface area contributed by atoms with Crippen LogP contribution in [0.25, 0.3) is 11.0 Å². The van der Waals surface area contributed by atoms with Crippen molar-refractivity contribution in [2.45, 2.75) is 32.8 Å². The Hall–Kier alpha value is -2.95. The fourth-order valence-electron chi connectivity index (χ4n) is 3.23. The van der Waals surface area contributed by atoms with Crippen LogP contribution in [-0.2, 0) is 12.0 Å². The van der Waals surface area contributed by atoms with Gasteiger partial charge >= 0.3 is 0 Å². The zero-order valence-electron chi connectivity index (χ0n) is 17.9. The summed E-state index contributed by atoms with van der Waals surface area (Å²) in [4.78, 5) is 12.9. The zero-order chi connectivity index (χ0) is 22.9.